The minimum absolute atomic E-state index is 0.111. The van der Waals surface area contributed by atoms with Gasteiger partial charge in [-0.1, -0.05) is 30.3 Å². The molecule has 25 heavy (non-hydrogen) atoms. The maximum absolute atomic E-state index is 12.3. The molecule has 3 rings (SSSR count). The van der Waals surface area contributed by atoms with Crippen molar-refractivity contribution >= 4 is 11.8 Å². The molecule has 1 N–H and O–H groups in total. The third kappa shape index (κ3) is 3.83. The summed E-state index contributed by atoms with van der Waals surface area (Å²) in [5.41, 5.74) is 2.06. The van der Waals surface area contributed by atoms with Crippen LogP contribution in [0.4, 0.5) is 0 Å². The van der Waals surface area contributed by atoms with E-state index >= 15 is 0 Å². The number of hydrogen-bond donors (Lipinski definition) is 1. The van der Waals surface area contributed by atoms with E-state index in [0.717, 1.165) is 12.0 Å². The molecule has 1 saturated heterocycles. The fourth-order valence-corrected chi connectivity index (χ4v) is 2.90. The third-order valence-corrected chi connectivity index (χ3v) is 4.21. The first-order valence-corrected chi connectivity index (χ1v) is 8.18. The molecule has 2 amide bonds. The number of rotatable bonds is 4. The molecule has 1 aromatic carbocycles. The highest BCUT2D eigenvalue weighted by atomic mass is 16.2. The van der Waals surface area contributed by atoms with Crippen LogP contribution in [0.2, 0.25) is 0 Å². The molecule has 1 atom stereocenters. The fraction of sp³-hybridized carbons (Fsp3) is 0.263. The van der Waals surface area contributed by atoms with E-state index in [-0.39, 0.29) is 24.4 Å². The average Bonchev–Trinajstić information content (AvgIpc) is 3.15. The molecule has 1 aromatic heterocycles. The van der Waals surface area contributed by atoms with E-state index in [1.54, 1.807) is 18.3 Å². The number of aromatic nitrogens is 1. The highest BCUT2D eigenvalue weighted by Gasteiger charge is 2.28. The number of amides is 2. The summed E-state index contributed by atoms with van der Waals surface area (Å²) in [7, 11) is 0. The minimum atomic E-state index is -0.380. The number of likely N-dealkylation sites (tertiary alicyclic amines) is 1. The molecule has 0 saturated carbocycles. The van der Waals surface area contributed by atoms with Crippen molar-refractivity contribution in [2.24, 2.45) is 0 Å². The van der Waals surface area contributed by atoms with Gasteiger partial charge in [0.2, 0.25) is 5.91 Å². The first-order valence-electron chi connectivity index (χ1n) is 8.18. The lowest BCUT2D eigenvalue weighted by Crippen LogP contribution is -2.42. The third-order valence-electron chi connectivity index (χ3n) is 4.21. The molecule has 2 heterocycles. The molecule has 6 heteroatoms. The Morgan fingerprint density at radius 1 is 1.28 bits per heavy atom. The van der Waals surface area contributed by atoms with Gasteiger partial charge in [-0.05, 0) is 25.0 Å². The van der Waals surface area contributed by atoms with Gasteiger partial charge in [-0.25, -0.2) is 0 Å². The van der Waals surface area contributed by atoms with Crippen molar-refractivity contribution in [1.29, 1.82) is 5.26 Å². The first kappa shape index (κ1) is 16.7. The Morgan fingerprint density at radius 2 is 2.08 bits per heavy atom. The number of benzene rings is 1. The zero-order chi connectivity index (χ0) is 17.6. The highest BCUT2D eigenvalue weighted by Crippen LogP contribution is 2.18. The molecule has 0 bridgehead atoms. The van der Waals surface area contributed by atoms with E-state index in [9.17, 15) is 9.59 Å². The van der Waals surface area contributed by atoms with Crippen molar-refractivity contribution < 1.29 is 9.59 Å². The van der Waals surface area contributed by atoms with Crippen LogP contribution in [0.25, 0.3) is 11.3 Å². The fourth-order valence-electron chi connectivity index (χ4n) is 2.90. The van der Waals surface area contributed by atoms with E-state index in [1.165, 1.54) is 4.90 Å². The van der Waals surface area contributed by atoms with Crippen LogP contribution in [-0.4, -0.2) is 40.8 Å². The molecule has 0 spiro atoms. The van der Waals surface area contributed by atoms with Crippen LogP contribution in [0.3, 0.4) is 0 Å². The van der Waals surface area contributed by atoms with Crippen LogP contribution < -0.4 is 5.32 Å². The predicted octanol–water partition coefficient (Wildman–Crippen LogP) is 1.99. The average molecular weight is 334 g/mol. The first-order chi connectivity index (χ1) is 12.2. The van der Waals surface area contributed by atoms with Crippen LogP contribution in [0.15, 0.2) is 48.7 Å². The maximum Gasteiger partial charge on any atom is 0.251 e. The lowest BCUT2D eigenvalue weighted by molar-refractivity contribution is -0.130. The van der Waals surface area contributed by atoms with Gasteiger partial charge >= 0.3 is 0 Å². The van der Waals surface area contributed by atoms with E-state index < -0.39 is 0 Å². The molecule has 0 aliphatic carbocycles. The monoisotopic (exact) mass is 334 g/mol. The van der Waals surface area contributed by atoms with Gasteiger partial charge in [0.25, 0.3) is 5.91 Å². The summed E-state index contributed by atoms with van der Waals surface area (Å²) in [6.45, 7) is 0.459. The van der Waals surface area contributed by atoms with Crippen LogP contribution >= 0.6 is 0 Å². The Morgan fingerprint density at radius 3 is 2.84 bits per heavy atom. The largest absolute Gasteiger partial charge is 0.343 e. The lowest BCUT2D eigenvalue weighted by atomic mass is 10.1. The molecule has 0 radical (unpaired) electrons. The van der Waals surface area contributed by atoms with Gasteiger partial charge < -0.3 is 10.2 Å². The Balaban J connectivity index is 1.64. The van der Waals surface area contributed by atoms with Gasteiger partial charge in [0.15, 0.2) is 0 Å². The van der Waals surface area contributed by atoms with Crippen molar-refractivity contribution in [2.75, 3.05) is 13.1 Å². The summed E-state index contributed by atoms with van der Waals surface area (Å²) in [6, 6.07) is 14.6. The summed E-state index contributed by atoms with van der Waals surface area (Å²) in [5.74, 6) is -0.560. The molecule has 1 unspecified atom stereocenters. The summed E-state index contributed by atoms with van der Waals surface area (Å²) in [5, 5.41) is 11.7. The summed E-state index contributed by atoms with van der Waals surface area (Å²) in [4.78, 5) is 30.3. The van der Waals surface area contributed by atoms with Crippen molar-refractivity contribution in [2.45, 2.75) is 18.9 Å². The summed E-state index contributed by atoms with van der Waals surface area (Å²) < 4.78 is 0. The number of pyridine rings is 1. The van der Waals surface area contributed by atoms with E-state index in [4.69, 9.17) is 5.26 Å². The molecule has 1 aliphatic heterocycles. The summed E-state index contributed by atoms with van der Waals surface area (Å²) >= 11 is 0. The van der Waals surface area contributed by atoms with Gasteiger partial charge in [-0.15, -0.1) is 0 Å². The van der Waals surface area contributed by atoms with Gasteiger partial charge in [0.1, 0.15) is 6.04 Å². The maximum atomic E-state index is 12.3. The van der Waals surface area contributed by atoms with Crippen LogP contribution in [-0.2, 0) is 4.79 Å². The number of nitriles is 1. The zero-order valence-corrected chi connectivity index (χ0v) is 13.7. The number of nitrogens with zero attached hydrogens (tertiary/aromatic N) is 3. The molecular weight excluding hydrogens is 316 g/mol. The quantitative estimate of drug-likeness (QED) is 0.926. The number of carbonyl (C=O) groups excluding carboxylic acids is 2. The number of nitrogens with one attached hydrogen (secondary N) is 1. The van der Waals surface area contributed by atoms with Crippen molar-refractivity contribution in [3.63, 3.8) is 0 Å². The van der Waals surface area contributed by atoms with E-state index in [0.29, 0.717) is 24.2 Å². The van der Waals surface area contributed by atoms with Gasteiger partial charge in [-0.2, -0.15) is 5.26 Å². The Bertz CT molecular complexity index is 814. The second kappa shape index (κ2) is 7.58. The lowest BCUT2D eigenvalue weighted by Gasteiger charge is -2.19. The van der Waals surface area contributed by atoms with Gasteiger partial charge in [0.05, 0.1) is 18.3 Å². The second-order valence-electron chi connectivity index (χ2n) is 5.85. The zero-order valence-electron chi connectivity index (χ0n) is 13.7. The van der Waals surface area contributed by atoms with E-state index in [1.807, 2.05) is 30.3 Å². The summed E-state index contributed by atoms with van der Waals surface area (Å²) in [6.07, 6.45) is 3.09. The SMILES string of the molecule is N#CC1CCCN1C(=O)CNC(=O)c1ccnc(-c2ccccc2)c1. The smallest absolute Gasteiger partial charge is 0.251 e. The minimum Gasteiger partial charge on any atom is -0.343 e. The van der Waals surface area contributed by atoms with Gasteiger partial charge in [0, 0.05) is 23.9 Å². The van der Waals surface area contributed by atoms with Crippen molar-refractivity contribution in [1.82, 2.24) is 15.2 Å². The van der Waals surface area contributed by atoms with Crippen LogP contribution in [0.1, 0.15) is 23.2 Å². The molecule has 1 aliphatic rings. The molecule has 2 aromatic rings. The molecule has 126 valence electrons. The van der Waals surface area contributed by atoms with Crippen molar-refractivity contribution in [3.05, 3.63) is 54.2 Å². The topological polar surface area (TPSA) is 86.1 Å². The van der Waals surface area contributed by atoms with E-state index in [2.05, 4.69) is 16.4 Å². The Hall–Kier alpha value is -3.20. The second-order valence-corrected chi connectivity index (χ2v) is 5.85. The number of hydrogen-bond acceptors (Lipinski definition) is 4. The predicted molar refractivity (Wildman–Crippen MR) is 92.4 cm³/mol. The standard InChI is InChI=1S/C19H18N4O2/c20-12-16-7-4-10-23(16)18(24)13-22-19(25)15-8-9-21-17(11-15)14-5-2-1-3-6-14/h1-3,5-6,8-9,11,16H,4,7,10,13H2,(H,22,25). The highest BCUT2D eigenvalue weighted by molar-refractivity contribution is 5.97. The normalized spacial score (nSPS) is 16.3. The van der Waals surface area contributed by atoms with Crippen LogP contribution in [0.5, 0.6) is 0 Å². The Kier molecular flexibility index (Phi) is 5.05. The van der Waals surface area contributed by atoms with Crippen molar-refractivity contribution in [3.8, 4) is 17.3 Å². The molecular formula is C19H18N4O2. The Labute approximate surface area is 146 Å². The molecule has 6 nitrogen and oxygen atoms in total. The number of carbonyl (C=O) groups is 2. The van der Waals surface area contributed by atoms with Gasteiger partial charge in [-0.3, -0.25) is 14.6 Å². The van der Waals surface area contributed by atoms with Crippen LogP contribution in [0, 0.1) is 11.3 Å². The molecule has 1 fully saturated rings.